The van der Waals surface area contributed by atoms with Crippen molar-refractivity contribution in [2.75, 3.05) is 0 Å². The van der Waals surface area contributed by atoms with E-state index in [4.69, 9.17) is 0 Å². The van der Waals surface area contributed by atoms with E-state index in [1.807, 2.05) is 0 Å². The molecule has 1 fully saturated rings. The van der Waals surface area contributed by atoms with E-state index in [0.29, 0.717) is 17.9 Å². The van der Waals surface area contributed by atoms with Crippen LogP contribution in [0.2, 0.25) is 0 Å². The summed E-state index contributed by atoms with van der Waals surface area (Å²) in [7, 11) is 0. The summed E-state index contributed by atoms with van der Waals surface area (Å²) in [6.45, 7) is 12.0. The minimum Gasteiger partial charge on any atom is -0.366 e. The number of benzene rings is 2. The summed E-state index contributed by atoms with van der Waals surface area (Å²) in [5, 5.41) is 2.71. The van der Waals surface area contributed by atoms with Crippen LogP contribution in [0.1, 0.15) is 71.8 Å². The Kier molecular flexibility index (Phi) is 5.12. The predicted octanol–water partition coefficient (Wildman–Crippen LogP) is 7.45. The Labute approximate surface area is 171 Å². The maximum Gasteiger partial charge on any atom is 0.0353 e. The molecule has 1 aliphatic carbocycles. The summed E-state index contributed by atoms with van der Waals surface area (Å²) in [5.74, 6) is 1.24. The highest BCUT2D eigenvalue weighted by Gasteiger charge is 2.46. The third kappa shape index (κ3) is 3.19. The van der Waals surface area contributed by atoms with Crippen molar-refractivity contribution < 1.29 is 0 Å². The van der Waals surface area contributed by atoms with Gasteiger partial charge in [-0.2, -0.15) is 0 Å². The van der Waals surface area contributed by atoms with Crippen LogP contribution in [0.25, 0.3) is 10.8 Å². The van der Waals surface area contributed by atoms with E-state index in [-0.39, 0.29) is 5.54 Å². The summed E-state index contributed by atoms with van der Waals surface area (Å²) in [6, 6.07) is 16.4. The highest BCUT2D eigenvalue weighted by molar-refractivity contribution is 5.83. The molecule has 4 rings (SSSR count). The Morgan fingerprint density at radius 3 is 2.50 bits per heavy atom. The maximum atomic E-state index is 2.81. The molecule has 2 aliphatic rings. The number of hydrogen-bond acceptors (Lipinski definition) is 1. The van der Waals surface area contributed by atoms with E-state index in [1.165, 1.54) is 35.6 Å². The average molecular weight is 374 g/mol. The largest absolute Gasteiger partial charge is 0.366 e. The third-order valence-corrected chi connectivity index (χ3v) is 7.15. The molecule has 28 heavy (non-hydrogen) atoms. The maximum absolute atomic E-state index is 2.81. The van der Waals surface area contributed by atoms with E-state index < -0.39 is 0 Å². The second kappa shape index (κ2) is 7.43. The first-order valence-electron chi connectivity index (χ1n) is 11.1. The molecule has 0 bridgehead atoms. The summed E-state index contributed by atoms with van der Waals surface area (Å²) < 4.78 is 0. The standard InChI is InChI=1S/C27H35N/c1-6-20-13-10-14-21(7-2)26(20)28-19(3)25(18-27(28,4)5)24-16-15-22-11-8-9-12-23(22)17-24/h8-13,15-17,19,21,25H,6-7,14,18H2,1-5H3/t19-,21-,25?/m0/s1. The van der Waals surface area contributed by atoms with Crippen LogP contribution in [0, 0.1) is 5.92 Å². The molecule has 1 heterocycles. The second-order valence-corrected chi connectivity index (χ2v) is 9.35. The Bertz CT molecular complexity index is 917. The van der Waals surface area contributed by atoms with E-state index in [9.17, 15) is 0 Å². The molecular formula is C27H35N. The quantitative estimate of drug-likeness (QED) is 0.538. The fourth-order valence-electron chi connectivity index (χ4n) is 5.76. The van der Waals surface area contributed by atoms with E-state index in [0.717, 1.165) is 6.42 Å². The number of hydrogen-bond donors (Lipinski definition) is 0. The van der Waals surface area contributed by atoms with Crippen molar-refractivity contribution in [2.24, 2.45) is 5.92 Å². The normalized spacial score (nSPS) is 27.0. The summed E-state index contributed by atoms with van der Waals surface area (Å²) in [5.41, 5.74) is 4.87. The molecule has 0 N–H and O–H groups in total. The summed E-state index contributed by atoms with van der Waals surface area (Å²) in [6.07, 6.45) is 9.55. The van der Waals surface area contributed by atoms with Gasteiger partial charge >= 0.3 is 0 Å². The zero-order valence-corrected chi connectivity index (χ0v) is 18.2. The molecule has 0 spiro atoms. The fourth-order valence-corrected chi connectivity index (χ4v) is 5.76. The Hall–Kier alpha value is -2.02. The van der Waals surface area contributed by atoms with E-state index >= 15 is 0 Å². The Morgan fingerprint density at radius 2 is 1.79 bits per heavy atom. The molecule has 2 aromatic carbocycles. The molecular weight excluding hydrogens is 338 g/mol. The topological polar surface area (TPSA) is 3.24 Å². The van der Waals surface area contributed by atoms with Gasteiger partial charge in [0, 0.05) is 29.1 Å². The van der Waals surface area contributed by atoms with Crippen LogP contribution in [0.5, 0.6) is 0 Å². The van der Waals surface area contributed by atoms with Crippen LogP contribution >= 0.6 is 0 Å². The highest BCUT2D eigenvalue weighted by atomic mass is 15.3. The van der Waals surface area contributed by atoms with Gasteiger partial charge in [0.25, 0.3) is 0 Å². The first kappa shape index (κ1) is 19.3. The van der Waals surface area contributed by atoms with Crippen molar-refractivity contribution in [3.05, 3.63) is 71.5 Å². The molecule has 0 radical (unpaired) electrons. The first-order chi connectivity index (χ1) is 13.5. The predicted molar refractivity (Wildman–Crippen MR) is 122 cm³/mol. The number of likely N-dealkylation sites (tertiary alicyclic amines) is 1. The molecule has 1 unspecified atom stereocenters. The van der Waals surface area contributed by atoms with Crippen molar-refractivity contribution >= 4 is 10.8 Å². The van der Waals surface area contributed by atoms with Crippen LogP contribution < -0.4 is 0 Å². The van der Waals surface area contributed by atoms with Crippen LogP contribution in [0.4, 0.5) is 0 Å². The molecule has 0 saturated carbocycles. The van der Waals surface area contributed by atoms with Gasteiger partial charge in [-0.25, -0.2) is 0 Å². The van der Waals surface area contributed by atoms with E-state index in [1.54, 1.807) is 11.3 Å². The minimum atomic E-state index is 0.185. The molecule has 1 heteroatoms. The monoisotopic (exact) mass is 373 g/mol. The number of nitrogens with zero attached hydrogens (tertiary/aromatic N) is 1. The number of fused-ring (bicyclic) bond motifs is 1. The number of rotatable bonds is 4. The van der Waals surface area contributed by atoms with Crippen molar-refractivity contribution in [3.63, 3.8) is 0 Å². The van der Waals surface area contributed by atoms with Gasteiger partial charge in [-0.1, -0.05) is 68.5 Å². The van der Waals surface area contributed by atoms with Gasteiger partial charge in [0.2, 0.25) is 0 Å². The van der Waals surface area contributed by atoms with Crippen molar-refractivity contribution in [1.29, 1.82) is 0 Å². The zero-order chi connectivity index (χ0) is 19.9. The SMILES string of the molecule is CCC1=C(N2[C@@H](C)C(c3ccc4ccccc4c3)CC2(C)C)[C@@H](CC)CC=C1. The smallest absolute Gasteiger partial charge is 0.0353 e. The van der Waals surface area contributed by atoms with Crippen molar-refractivity contribution in [3.8, 4) is 0 Å². The van der Waals surface area contributed by atoms with Gasteiger partial charge in [-0.15, -0.1) is 0 Å². The minimum absolute atomic E-state index is 0.185. The third-order valence-electron chi connectivity index (χ3n) is 7.15. The zero-order valence-electron chi connectivity index (χ0n) is 18.2. The van der Waals surface area contributed by atoms with Crippen LogP contribution in [-0.2, 0) is 0 Å². The average Bonchev–Trinajstić information content (AvgIpc) is 2.95. The van der Waals surface area contributed by atoms with Gasteiger partial charge in [0.1, 0.15) is 0 Å². The van der Waals surface area contributed by atoms with Crippen molar-refractivity contribution in [2.45, 2.75) is 77.8 Å². The molecule has 1 nitrogen and oxygen atoms in total. The Morgan fingerprint density at radius 1 is 1.04 bits per heavy atom. The van der Waals surface area contributed by atoms with Crippen LogP contribution in [0.15, 0.2) is 65.9 Å². The van der Waals surface area contributed by atoms with Crippen LogP contribution in [-0.4, -0.2) is 16.5 Å². The molecule has 2 aromatic rings. The van der Waals surface area contributed by atoms with Gasteiger partial charge in [0.15, 0.2) is 0 Å². The molecule has 148 valence electrons. The lowest BCUT2D eigenvalue weighted by Gasteiger charge is -2.44. The first-order valence-corrected chi connectivity index (χ1v) is 11.1. The molecule has 3 atom stereocenters. The Balaban J connectivity index is 1.75. The van der Waals surface area contributed by atoms with E-state index in [2.05, 4.69) is 94.1 Å². The van der Waals surface area contributed by atoms with Gasteiger partial charge < -0.3 is 4.90 Å². The van der Waals surface area contributed by atoms with Gasteiger partial charge in [-0.3, -0.25) is 0 Å². The molecule has 0 aromatic heterocycles. The highest BCUT2D eigenvalue weighted by Crippen LogP contribution is 2.49. The summed E-state index contributed by atoms with van der Waals surface area (Å²) >= 11 is 0. The summed E-state index contributed by atoms with van der Waals surface area (Å²) in [4.78, 5) is 2.81. The molecule has 1 saturated heterocycles. The lowest BCUT2D eigenvalue weighted by Crippen LogP contribution is -2.44. The number of allylic oxidation sites excluding steroid dienone is 4. The molecule has 0 amide bonds. The van der Waals surface area contributed by atoms with Crippen LogP contribution in [0.3, 0.4) is 0 Å². The van der Waals surface area contributed by atoms with Crippen molar-refractivity contribution in [1.82, 2.24) is 4.90 Å². The second-order valence-electron chi connectivity index (χ2n) is 9.35. The lowest BCUT2D eigenvalue weighted by atomic mass is 9.86. The molecule has 1 aliphatic heterocycles. The van der Waals surface area contributed by atoms with Gasteiger partial charge in [0.05, 0.1) is 0 Å². The van der Waals surface area contributed by atoms with Gasteiger partial charge in [-0.05, 0) is 68.4 Å². The lowest BCUT2D eigenvalue weighted by molar-refractivity contribution is 0.159. The fraction of sp³-hybridized carbons (Fsp3) is 0.481.